The fourth-order valence-corrected chi connectivity index (χ4v) is 5.93. The van der Waals surface area contributed by atoms with E-state index in [-0.39, 0.29) is 0 Å². The Morgan fingerprint density at radius 1 is 0.821 bits per heavy atom. The van der Waals surface area contributed by atoms with Gasteiger partial charge in [0.05, 0.1) is 0 Å². The zero-order chi connectivity index (χ0) is 19.1. The number of hydrogen-bond acceptors (Lipinski definition) is 0. The van der Waals surface area contributed by atoms with Gasteiger partial charge >= 0.3 is 0 Å². The Hall–Kier alpha value is -2.08. The average molecular weight is 369 g/mol. The molecule has 0 radical (unpaired) electrons. The summed E-state index contributed by atoms with van der Waals surface area (Å²) in [4.78, 5) is 0. The summed E-state index contributed by atoms with van der Waals surface area (Å²) < 4.78 is 0. The smallest absolute Gasteiger partial charge is 0.00211 e. The molecule has 0 N–H and O–H groups in total. The van der Waals surface area contributed by atoms with Crippen molar-refractivity contribution in [3.63, 3.8) is 0 Å². The molecule has 1 aliphatic carbocycles. The Morgan fingerprint density at radius 2 is 1.54 bits per heavy atom. The van der Waals surface area contributed by atoms with Crippen molar-refractivity contribution in [3.05, 3.63) is 59.7 Å². The van der Waals surface area contributed by atoms with Crippen molar-refractivity contribution in [1.29, 1.82) is 0 Å². The van der Waals surface area contributed by atoms with E-state index >= 15 is 0 Å². The summed E-state index contributed by atoms with van der Waals surface area (Å²) in [5.74, 6) is 1.40. The van der Waals surface area contributed by atoms with Crippen molar-refractivity contribution in [2.45, 2.75) is 77.0 Å². The van der Waals surface area contributed by atoms with Crippen LogP contribution in [0.15, 0.2) is 48.5 Å². The molecule has 4 aromatic carbocycles. The van der Waals surface area contributed by atoms with E-state index in [1.54, 1.807) is 16.5 Å². The van der Waals surface area contributed by atoms with Gasteiger partial charge in [0.2, 0.25) is 0 Å². The standard InChI is InChI=1S/C28H32/c1-3-10-19(4-2)25-17-21-13-8-14-22-18-26(20-11-6-5-7-12-20)24-16-9-15-23(25)28(24)27(21)22/h8-9,13-20H,3-7,10-12H2,1-2H3. The molecule has 0 aromatic heterocycles. The molecule has 1 aliphatic rings. The lowest BCUT2D eigenvalue weighted by molar-refractivity contribution is 0.446. The number of rotatable bonds is 5. The SMILES string of the molecule is CCCC(CC)c1cc2cccc3cc(C4CCCCC4)c4cccc1c4c23. The molecule has 5 rings (SSSR count). The van der Waals surface area contributed by atoms with Crippen molar-refractivity contribution in [2.24, 2.45) is 0 Å². The van der Waals surface area contributed by atoms with Crippen LogP contribution in [-0.2, 0) is 0 Å². The fraction of sp³-hybridized carbons (Fsp3) is 0.429. The summed E-state index contributed by atoms with van der Waals surface area (Å²) in [5, 5.41) is 8.95. The Kier molecular flexibility index (Phi) is 4.75. The van der Waals surface area contributed by atoms with Gasteiger partial charge in [-0.15, -0.1) is 0 Å². The van der Waals surface area contributed by atoms with Gasteiger partial charge < -0.3 is 0 Å². The minimum Gasteiger partial charge on any atom is -0.0654 e. The van der Waals surface area contributed by atoms with E-state index in [1.807, 2.05) is 0 Å². The molecule has 1 unspecified atom stereocenters. The number of hydrogen-bond donors (Lipinski definition) is 0. The molecule has 0 spiro atoms. The van der Waals surface area contributed by atoms with Gasteiger partial charge in [-0.2, -0.15) is 0 Å². The van der Waals surface area contributed by atoms with Gasteiger partial charge in [0.25, 0.3) is 0 Å². The van der Waals surface area contributed by atoms with Crippen LogP contribution in [0.25, 0.3) is 32.3 Å². The molecule has 0 saturated heterocycles. The van der Waals surface area contributed by atoms with Gasteiger partial charge in [-0.3, -0.25) is 0 Å². The van der Waals surface area contributed by atoms with Crippen molar-refractivity contribution in [1.82, 2.24) is 0 Å². The van der Waals surface area contributed by atoms with Crippen molar-refractivity contribution in [2.75, 3.05) is 0 Å². The highest BCUT2D eigenvalue weighted by atomic mass is 14.3. The van der Waals surface area contributed by atoms with Gasteiger partial charge in [-0.25, -0.2) is 0 Å². The summed E-state index contributed by atoms with van der Waals surface area (Å²) >= 11 is 0. The maximum absolute atomic E-state index is 2.53. The molecule has 0 nitrogen and oxygen atoms in total. The summed E-state index contributed by atoms with van der Waals surface area (Å²) in [7, 11) is 0. The molecule has 1 atom stereocenters. The van der Waals surface area contributed by atoms with Crippen molar-refractivity contribution in [3.8, 4) is 0 Å². The highest BCUT2D eigenvalue weighted by Crippen LogP contribution is 2.45. The van der Waals surface area contributed by atoms with E-state index in [0.717, 1.165) is 5.92 Å². The lowest BCUT2D eigenvalue weighted by Gasteiger charge is -2.26. The highest BCUT2D eigenvalue weighted by molar-refractivity contribution is 6.24. The zero-order valence-corrected chi connectivity index (χ0v) is 17.4. The van der Waals surface area contributed by atoms with Crippen LogP contribution in [0.4, 0.5) is 0 Å². The first-order chi connectivity index (χ1) is 13.8. The first kappa shape index (κ1) is 18.0. The summed E-state index contributed by atoms with van der Waals surface area (Å²) in [6, 6.07) is 19.1. The van der Waals surface area contributed by atoms with Crippen molar-refractivity contribution >= 4 is 32.3 Å². The molecule has 0 aliphatic heterocycles. The van der Waals surface area contributed by atoms with E-state index < -0.39 is 0 Å². The topological polar surface area (TPSA) is 0 Å². The summed E-state index contributed by atoms with van der Waals surface area (Å²) in [5.41, 5.74) is 3.20. The fourth-order valence-electron chi connectivity index (χ4n) is 5.93. The zero-order valence-electron chi connectivity index (χ0n) is 17.4. The quantitative estimate of drug-likeness (QED) is 0.308. The van der Waals surface area contributed by atoms with Crippen LogP contribution in [0.2, 0.25) is 0 Å². The van der Waals surface area contributed by atoms with Crippen LogP contribution in [0.5, 0.6) is 0 Å². The third kappa shape index (κ3) is 2.81. The second-order valence-electron chi connectivity index (χ2n) is 8.97. The molecule has 4 aromatic rings. The predicted octanol–water partition coefficient (Wildman–Crippen LogP) is 8.93. The van der Waals surface area contributed by atoms with E-state index in [2.05, 4.69) is 62.4 Å². The molecule has 1 saturated carbocycles. The molecule has 0 heteroatoms. The Morgan fingerprint density at radius 3 is 2.29 bits per heavy atom. The van der Waals surface area contributed by atoms with E-state index in [0.29, 0.717) is 5.92 Å². The van der Waals surface area contributed by atoms with Gasteiger partial charge in [0.1, 0.15) is 0 Å². The van der Waals surface area contributed by atoms with Crippen LogP contribution in [0.3, 0.4) is 0 Å². The average Bonchev–Trinajstić information content (AvgIpc) is 2.76. The van der Waals surface area contributed by atoms with Crippen molar-refractivity contribution < 1.29 is 0 Å². The minimum absolute atomic E-state index is 0.664. The molecular weight excluding hydrogens is 336 g/mol. The van der Waals surface area contributed by atoms with Crippen LogP contribution < -0.4 is 0 Å². The monoisotopic (exact) mass is 368 g/mol. The first-order valence-electron chi connectivity index (χ1n) is 11.5. The maximum Gasteiger partial charge on any atom is -0.00211 e. The van der Waals surface area contributed by atoms with Crippen LogP contribution >= 0.6 is 0 Å². The predicted molar refractivity (Wildman–Crippen MR) is 124 cm³/mol. The lowest BCUT2D eigenvalue weighted by atomic mass is 9.78. The van der Waals surface area contributed by atoms with Crippen LogP contribution in [-0.4, -0.2) is 0 Å². The molecule has 1 fully saturated rings. The van der Waals surface area contributed by atoms with E-state index in [4.69, 9.17) is 0 Å². The molecule has 0 bridgehead atoms. The second kappa shape index (κ2) is 7.39. The molecule has 28 heavy (non-hydrogen) atoms. The largest absolute Gasteiger partial charge is 0.0654 e. The maximum atomic E-state index is 2.53. The van der Waals surface area contributed by atoms with Gasteiger partial charge in [0, 0.05) is 0 Å². The first-order valence-corrected chi connectivity index (χ1v) is 11.5. The van der Waals surface area contributed by atoms with Gasteiger partial charge in [0.15, 0.2) is 0 Å². The van der Waals surface area contributed by atoms with E-state index in [9.17, 15) is 0 Å². The Labute approximate surface area is 169 Å². The second-order valence-corrected chi connectivity index (χ2v) is 8.97. The van der Waals surface area contributed by atoms with Gasteiger partial charge in [-0.05, 0) is 81.0 Å². The Bertz CT molecular complexity index is 1030. The number of benzene rings is 4. The molecule has 0 heterocycles. The molecular formula is C28H32. The third-order valence-electron chi connectivity index (χ3n) is 7.30. The summed E-state index contributed by atoms with van der Waals surface area (Å²) in [6.07, 6.45) is 10.7. The van der Waals surface area contributed by atoms with E-state index in [1.165, 1.54) is 78.3 Å². The molecule has 0 amide bonds. The lowest BCUT2D eigenvalue weighted by Crippen LogP contribution is -2.06. The molecule has 144 valence electrons. The highest BCUT2D eigenvalue weighted by Gasteiger charge is 2.22. The summed E-state index contributed by atoms with van der Waals surface area (Å²) in [6.45, 7) is 4.68. The third-order valence-corrected chi connectivity index (χ3v) is 7.30. The van der Waals surface area contributed by atoms with Crippen LogP contribution in [0.1, 0.15) is 88.2 Å². The normalized spacial score (nSPS) is 17.1. The Balaban J connectivity index is 1.86. The van der Waals surface area contributed by atoms with Gasteiger partial charge in [-0.1, -0.05) is 88.1 Å². The minimum atomic E-state index is 0.664. The van der Waals surface area contributed by atoms with Crippen LogP contribution in [0, 0.1) is 0 Å².